The van der Waals surface area contributed by atoms with Crippen molar-refractivity contribution < 1.29 is 4.79 Å². The molecule has 0 saturated heterocycles. The third kappa shape index (κ3) is 6.05. The zero-order valence-electron chi connectivity index (χ0n) is 16.2. The summed E-state index contributed by atoms with van der Waals surface area (Å²) in [5.74, 6) is -0.0877. The Kier molecular flexibility index (Phi) is 7.79. The zero-order chi connectivity index (χ0) is 19.4. The van der Waals surface area contributed by atoms with Crippen LogP contribution in [0.2, 0.25) is 0 Å². The number of nitrogens with zero attached hydrogens (tertiary/aromatic N) is 2. The van der Waals surface area contributed by atoms with E-state index < -0.39 is 0 Å². The summed E-state index contributed by atoms with van der Waals surface area (Å²) >= 11 is 0. The maximum atomic E-state index is 11.9. The van der Waals surface area contributed by atoms with Gasteiger partial charge in [0.25, 0.3) is 5.91 Å². The van der Waals surface area contributed by atoms with Gasteiger partial charge in [-0.05, 0) is 37.1 Å². The van der Waals surface area contributed by atoms with Gasteiger partial charge in [-0.2, -0.15) is 0 Å². The third-order valence-corrected chi connectivity index (χ3v) is 4.75. The largest absolute Gasteiger partial charge is 0.384 e. The van der Waals surface area contributed by atoms with Crippen LogP contribution in [0.1, 0.15) is 49.0 Å². The van der Waals surface area contributed by atoms with Gasteiger partial charge in [0.15, 0.2) is 0 Å². The quantitative estimate of drug-likeness (QED) is 0.471. The fourth-order valence-electron chi connectivity index (χ4n) is 3.22. The number of para-hydroxylation sites is 1. The Morgan fingerprint density at radius 2 is 1.50 bits per heavy atom. The van der Waals surface area contributed by atoms with Gasteiger partial charge in [-0.1, -0.05) is 49.9 Å². The van der Waals surface area contributed by atoms with Gasteiger partial charge in [0, 0.05) is 36.6 Å². The molecule has 1 amide bonds. The normalized spacial score (nSPS) is 10.7. The number of carbonyl (C=O) groups is 1. The van der Waals surface area contributed by atoms with Crippen molar-refractivity contribution in [1.82, 2.24) is 15.3 Å². The number of pyridine rings is 2. The predicted octanol–water partition coefficient (Wildman–Crippen LogP) is 4.81. The first kappa shape index (κ1) is 19.8. The highest BCUT2D eigenvalue weighted by atomic mass is 16.1. The van der Waals surface area contributed by atoms with E-state index in [1.807, 2.05) is 42.6 Å². The Morgan fingerprint density at radius 1 is 0.750 bits per heavy atom. The standard InChI is InChI=1S/C23H28N4O/c28-23(22-13-7-10-16-25-22)27-17-9-4-2-1-3-8-15-24-21-14-18-26-20-12-6-5-11-19(20)21/h5-7,10-14,16,18H,1-4,8-9,15,17H2,(H,24,26)(H,27,28). The molecule has 0 atom stereocenters. The van der Waals surface area contributed by atoms with E-state index in [1.165, 1.54) is 24.6 Å². The van der Waals surface area contributed by atoms with Crippen LogP contribution in [-0.4, -0.2) is 29.0 Å². The summed E-state index contributed by atoms with van der Waals surface area (Å²) in [6, 6.07) is 15.6. The molecule has 0 aliphatic rings. The van der Waals surface area contributed by atoms with Gasteiger partial charge in [0.05, 0.1) is 5.52 Å². The molecule has 28 heavy (non-hydrogen) atoms. The molecule has 0 saturated carbocycles. The van der Waals surface area contributed by atoms with Crippen molar-refractivity contribution in [3.8, 4) is 0 Å². The van der Waals surface area contributed by atoms with Crippen LogP contribution in [-0.2, 0) is 0 Å². The van der Waals surface area contributed by atoms with E-state index in [0.29, 0.717) is 12.2 Å². The lowest BCUT2D eigenvalue weighted by Crippen LogP contribution is -2.25. The molecule has 5 heteroatoms. The summed E-state index contributed by atoms with van der Waals surface area (Å²) < 4.78 is 0. The van der Waals surface area contributed by atoms with Gasteiger partial charge in [0.2, 0.25) is 0 Å². The number of rotatable bonds is 11. The predicted molar refractivity (Wildman–Crippen MR) is 115 cm³/mol. The number of carbonyl (C=O) groups excluding carboxylic acids is 1. The van der Waals surface area contributed by atoms with Gasteiger partial charge < -0.3 is 10.6 Å². The van der Waals surface area contributed by atoms with Crippen molar-refractivity contribution in [2.75, 3.05) is 18.4 Å². The molecule has 0 aliphatic carbocycles. The Bertz CT molecular complexity index is 861. The molecule has 0 radical (unpaired) electrons. The molecule has 0 bridgehead atoms. The smallest absolute Gasteiger partial charge is 0.269 e. The number of nitrogens with one attached hydrogen (secondary N) is 2. The molecule has 3 aromatic rings. The van der Waals surface area contributed by atoms with Crippen LogP contribution < -0.4 is 10.6 Å². The van der Waals surface area contributed by atoms with E-state index in [9.17, 15) is 4.79 Å². The fourth-order valence-corrected chi connectivity index (χ4v) is 3.22. The molecule has 2 aromatic heterocycles. The van der Waals surface area contributed by atoms with E-state index >= 15 is 0 Å². The van der Waals surface area contributed by atoms with E-state index in [2.05, 4.69) is 26.7 Å². The van der Waals surface area contributed by atoms with Crippen molar-refractivity contribution in [2.45, 2.75) is 38.5 Å². The minimum Gasteiger partial charge on any atom is -0.384 e. The van der Waals surface area contributed by atoms with Crippen molar-refractivity contribution in [3.63, 3.8) is 0 Å². The van der Waals surface area contributed by atoms with Gasteiger partial charge >= 0.3 is 0 Å². The minimum absolute atomic E-state index is 0.0877. The second-order valence-corrected chi connectivity index (χ2v) is 6.89. The molecule has 3 rings (SSSR count). The lowest BCUT2D eigenvalue weighted by atomic mass is 10.1. The first-order valence-electron chi connectivity index (χ1n) is 10.1. The maximum Gasteiger partial charge on any atom is 0.269 e. The fraction of sp³-hybridized carbons (Fsp3) is 0.348. The summed E-state index contributed by atoms with van der Waals surface area (Å²) in [6.45, 7) is 1.69. The van der Waals surface area contributed by atoms with E-state index in [-0.39, 0.29) is 5.91 Å². The van der Waals surface area contributed by atoms with Crippen molar-refractivity contribution in [2.24, 2.45) is 0 Å². The number of benzene rings is 1. The molecular formula is C23H28N4O. The monoisotopic (exact) mass is 376 g/mol. The average molecular weight is 377 g/mol. The molecule has 0 aliphatic heterocycles. The summed E-state index contributed by atoms with van der Waals surface area (Å²) in [6.07, 6.45) is 10.5. The van der Waals surface area contributed by atoms with Crippen LogP contribution in [0.25, 0.3) is 10.9 Å². The second-order valence-electron chi connectivity index (χ2n) is 6.89. The Morgan fingerprint density at radius 3 is 2.32 bits per heavy atom. The van der Waals surface area contributed by atoms with E-state index in [0.717, 1.165) is 37.0 Å². The highest BCUT2D eigenvalue weighted by molar-refractivity contribution is 5.92. The molecule has 1 aromatic carbocycles. The van der Waals surface area contributed by atoms with Crippen molar-refractivity contribution in [1.29, 1.82) is 0 Å². The SMILES string of the molecule is O=C(NCCCCCCCCNc1ccnc2ccccc12)c1ccccn1. The number of anilines is 1. The molecule has 0 unspecified atom stereocenters. The topological polar surface area (TPSA) is 66.9 Å². The molecule has 0 spiro atoms. The molecule has 5 nitrogen and oxygen atoms in total. The van der Waals surface area contributed by atoms with Crippen LogP contribution in [0.3, 0.4) is 0 Å². The first-order chi connectivity index (χ1) is 13.8. The number of aromatic nitrogens is 2. The maximum absolute atomic E-state index is 11.9. The van der Waals surface area contributed by atoms with Crippen molar-refractivity contribution in [3.05, 3.63) is 66.6 Å². The number of hydrogen-bond acceptors (Lipinski definition) is 4. The Balaban J connectivity index is 1.22. The van der Waals surface area contributed by atoms with Crippen LogP contribution in [0.15, 0.2) is 60.9 Å². The van der Waals surface area contributed by atoms with Crippen LogP contribution in [0, 0.1) is 0 Å². The minimum atomic E-state index is -0.0877. The number of fused-ring (bicyclic) bond motifs is 1. The molecule has 2 N–H and O–H groups in total. The van der Waals surface area contributed by atoms with Gasteiger partial charge in [-0.15, -0.1) is 0 Å². The van der Waals surface area contributed by atoms with Gasteiger partial charge in [0.1, 0.15) is 5.69 Å². The summed E-state index contributed by atoms with van der Waals surface area (Å²) in [5.41, 5.74) is 2.67. The molecule has 2 heterocycles. The third-order valence-electron chi connectivity index (χ3n) is 4.75. The summed E-state index contributed by atoms with van der Waals surface area (Å²) in [4.78, 5) is 20.3. The van der Waals surface area contributed by atoms with E-state index in [4.69, 9.17) is 0 Å². The highest BCUT2D eigenvalue weighted by Gasteiger charge is 2.04. The lowest BCUT2D eigenvalue weighted by Gasteiger charge is -2.09. The van der Waals surface area contributed by atoms with Crippen molar-refractivity contribution >= 4 is 22.5 Å². The number of amides is 1. The Hall–Kier alpha value is -2.95. The van der Waals surface area contributed by atoms with Crippen LogP contribution in [0.5, 0.6) is 0 Å². The first-order valence-corrected chi connectivity index (χ1v) is 10.1. The summed E-state index contributed by atoms with van der Waals surface area (Å²) in [7, 11) is 0. The number of hydrogen-bond donors (Lipinski definition) is 2. The van der Waals surface area contributed by atoms with Crippen LogP contribution >= 0.6 is 0 Å². The van der Waals surface area contributed by atoms with E-state index in [1.54, 1.807) is 12.3 Å². The Labute approximate surface area is 166 Å². The average Bonchev–Trinajstić information content (AvgIpc) is 2.75. The summed E-state index contributed by atoms with van der Waals surface area (Å²) in [5, 5.41) is 7.64. The highest BCUT2D eigenvalue weighted by Crippen LogP contribution is 2.20. The van der Waals surface area contributed by atoms with Gasteiger partial charge in [-0.25, -0.2) is 0 Å². The molecular weight excluding hydrogens is 348 g/mol. The lowest BCUT2D eigenvalue weighted by molar-refractivity contribution is 0.0948. The zero-order valence-corrected chi connectivity index (χ0v) is 16.2. The van der Waals surface area contributed by atoms with Crippen LogP contribution in [0.4, 0.5) is 5.69 Å². The number of unbranched alkanes of at least 4 members (excludes halogenated alkanes) is 5. The molecule has 0 fully saturated rings. The van der Waals surface area contributed by atoms with Gasteiger partial charge in [-0.3, -0.25) is 14.8 Å². The second kappa shape index (κ2) is 11.0. The molecule has 146 valence electrons.